The molecule has 7 nitrogen and oxygen atoms in total. The Kier molecular flexibility index (Phi) is 5.69. The number of hydrogen-bond acceptors (Lipinski definition) is 6. The molecule has 0 spiro atoms. The molecular weight excluding hydrogens is 369 g/mol. The van der Waals surface area contributed by atoms with Crippen molar-refractivity contribution >= 4 is 29.4 Å². The Labute approximate surface area is 159 Å². The minimum Gasteiger partial charge on any atom is -0.454 e. The van der Waals surface area contributed by atoms with Crippen LogP contribution in [0.3, 0.4) is 0 Å². The van der Waals surface area contributed by atoms with Crippen LogP contribution in [0.15, 0.2) is 42.5 Å². The van der Waals surface area contributed by atoms with Gasteiger partial charge in [0.2, 0.25) is 6.79 Å². The van der Waals surface area contributed by atoms with E-state index in [2.05, 4.69) is 5.32 Å². The number of Topliss-reactive ketones (excluding diaryl/α,β-unsaturated/α-hetero) is 1. The number of amides is 1. The van der Waals surface area contributed by atoms with Gasteiger partial charge in [0.1, 0.15) is 5.82 Å². The van der Waals surface area contributed by atoms with E-state index in [0.29, 0.717) is 17.1 Å². The molecule has 1 heterocycles. The Morgan fingerprint density at radius 1 is 1.14 bits per heavy atom. The van der Waals surface area contributed by atoms with Crippen molar-refractivity contribution in [1.82, 2.24) is 0 Å². The molecule has 2 aromatic rings. The zero-order chi connectivity index (χ0) is 20.1. The van der Waals surface area contributed by atoms with Crippen molar-refractivity contribution in [3.05, 3.63) is 59.4 Å². The molecule has 0 saturated heterocycles. The van der Waals surface area contributed by atoms with Crippen LogP contribution in [-0.4, -0.2) is 31.1 Å². The molecule has 1 N–H and O–H groups in total. The van der Waals surface area contributed by atoms with Gasteiger partial charge in [-0.05, 0) is 36.8 Å². The first-order chi connectivity index (χ1) is 13.4. The second-order valence-corrected chi connectivity index (χ2v) is 5.85. The Morgan fingerprint density at radius 3 is 2.50 bits per heavy atom. The van der Waals surface area contributed by atoms with E-state index in [0.717, 1.165) is 6.08 Å². The first kappa shape index (κ1) is 19.1. The van der Waals surface area contributed by atoms with Crippen molar-refractivity contribution in [3.63, 3.8) is 0 Å². The van der Waals surface area contributed by atoms with Crippen molar-refractivity contribution in [2.45, 2.75) is 6.92 Å². The highest BCUT2D eigenvalue weighted by molar-refractivity contribution is 6.05. The third-order valence-electron chi connectivity index (χ3n) is 3.79. The second kappa shape index (κ2) is 8.34. The van der Waals surface area contributed by atoms with Crippen LogP contribution >= 0.6 is 0 Å². The van der Waals surface area contributed by atoms with Crippen molar-refractivity contribution in [2.75, 3.05) is 18.7 Å². The van der Waals surface area contributed by atoms with Gasteiger partial charge in [0.25, 0.3) is 5.91 Å². The van der Waals surface area contributed by atoms with Gasteiger partial charge < -0.3 is 19.5 Å². The smallest absolute Gasteiger partial charge is 0.331 e. The summed E-state index contributed by atoms with van der Waals surface area (Å²) in [6, 6.07) is 8.47. The molecule has 0 atom stereocenters. The summed E-state index contributed by atoms with van der Waals surface area (Å²) in [6.45, 7) is 0.841. The molecule has 0 bridgehead atoms. The number of hydrogen-bond donors (Lipinski definition) is 1. The van der Waals surface area contributed by atoms with E-state index >= 15 is 0 Å². The summed E-state index contributed by atoms with van der Waals surface area (Å²) >= 11 is 0. The second-order valence-electron chi connectivity index (χ2n) is 5.85. The van der Waals surface area contributed by atoms with Gasteiger partial charge in [0, 0.05) is 17.7 Å². The molecule has 1 amide bonds. The number of halogens is 1. The SMILES string of the molecule is CC(=O)c1cc2c(cc1NC(=O)COC(=O)/C=C/c1ccc(F)cc1)OCO2. The number of carbonyl (C=O) groups is 3. The maximum absolute atomic E-state index is 12.8. The highest BCUT2D eigenvalue weighted by atomic mass is 19.1. The molecule has 0 unspecified atom stereocenters. The Morgan fingerprint density at radius 2 is 1.82 bits per heavy atom. The van der Waals surface area contributed by atoms with Gasteiger partial charge >= 0.3 is 5.97 Å². The van der Waals surface area contributed by atoms with Crippen LogP contribution < -0.4 is 14.8 Å². The first-order valence-corrected chi connectivity index (χ1v) is 8.27. The molecule has 0 saturated carbocycles. The first-order valence-electron chi connectivity index (χ1n) is 8.27. The van der Waals surface area contributed by atoms with Gasteiger partial charge in [0.05, 0.1) is 5.69 Å². The lowest BCUT2D eigenvalue weighted by Crippen LogP contribution is -2.21. The van der Waals surface area contributed by atoms with E-state index < -0.39 is 18.5 Å². The molecule has 144 valence electrons. The number of rotatable bonds is 6. The average molecular weight is 385 g/mol. The number of ether oxygens (including phenoxy) is 3. The number of benzene rings is 2. The minimum absolute atomic E-state index is 0.0298. The molecule has 0 radical (unpaired) electrons. The van der Waals surface area contributed by atoms with Crippen LogP contribution in [0.5, 0.6) is 11.5 Å². The van der Waals surface area contributed by atoms with Gasteiger partial charge in [-0.25, -0.2) is 9.18 Å². The largest absolute Gasteiger partial charge is 0.454 e. The van der Waals surface area contributed by atoms with Gasteiger partial charge in [-0.1, -0.05) is 12.1 Å². The number of anilines is 1. The maximum Gasteiger partial charge on any atom is 0.331 e. The summed E-state index contributed by atoms with van der Waals surface area (Å²) in [5.41, 5.74) is 1.09. The zero-order valence-electron chi connectivity index (χ0n) is 14.9. The van der Waals surface area contributed by atoms with Crippen molar-refractivity contribution < 1.29 is 33.0 Å². The van der Waals surface area contributed by atoms with Crippen LogP contribution in [0, 0.1) is 5.82 Å². The van der Waals surface area contributed by atoms with Crippen molar-refractivity contribution in [3.8, 4) is 11.5 Å². The van der Waals surface area contributed by atoms with Crippen molar-refractivity contribution in [2.24, 2.45) is 0 Å². The van der Waals surface area contributed by atoms with Crippen LogP contribution in [0.1, 0.15) is 22.8 Å². The van der Waals surface area contributed by atoms with Gasteiger partial charge in [-0.15, -0.1) is 0 Å². The topological polar surface area (TPSA) is 90.9 Å². The van der Waals surface area contributed by atoms with Crippen LogP contribution in [0.25, 0.3) is 6.08 Å². The van der Waals surface area contributed by atoms with Gasteiger partial charge in [-0.2, -0.15) is 0 Å². The van der Waals surface area contributed by atoms with E-state index in [1.165, 1.54) is 49.4 Å². The Bertz CT molecular complexity index is 952. The predicted molar refractivity (Wildman–Crippen MR) is 97.6 cm³/mol. The highest BCUT2D eigenvalue weighted by Crippen LogP contribution is 2.37. The predicted octanol–water partition coefficient (Wildman–Crippen LogP) is 2.95. The number of esters is 1. The molecule has 1 aliphatic rings. The van der Waals surface area contributed by atoms with Gasteiger partial charge in [0.15, 0.2) is 23.9 Å². The highest BCUT2D eigenvalue weighted by Gasteiger charge is 2.20. The summed E-state index contributed by atoms with van der Waals surface area (Å²) in [5.74, 6) is -1.19. The summed E-state index contributed by atoms with van der Waals surface area (Å²) < 4.78 is 28.1. The van der Waals surface area contributed by atoms with Crippen LogP contribution in [-0.2, 0) is 14.3 Å². The van der Waals surface area contributed by atoms with E-state index in [1.54, 1.807) is 0 Å². The maximum atomic E-state index is 12.8. The van der Waals surface area contributed by atoms with Crippen molar-refractivity contribution in [1.29, 1.82) is 0 Å². The monoisotopic (exact) mass is 385 g/mol. The lowest BCUT2D eigenvalue weighted by atomic mass is 10.1. The fraction of sp³-hybridized carbons (Fsp3) is 0.150. The fourth-order valence-electron chi connectivity index (χ4n) is 2.45. The molecule has 0 aliphatic carbocycles. The minimum atomic E-state index is -0.739. The molecule has 28 heavy (non-hydrogen) atoms. The Hall–Kier alpha value is -3.68. The molecule has 0 fully saturated rings. The van der Waals surface area contributed by atoms with Crippen LogP contribution in [0.2, 0.25) is 0 Å². The number of fused-ring (bicyclic) bond motifs is 1. The van der Waals surface area contributed by atoms with Gasteiger partial charge in [-0.3, -0.25) is 9.59 Å². The molecule has 8 heteroatoms. The lowest BCUT2D eigenvalue weighted by molar-refractivity contribution is -0.142. The van der Waals surface area contributed by atoms with Crippen LogP contribution in [0.4, 0.5) is 10.1 Å². The molecule has 3 rings (SSSR count). The standard InChI is InChI=1S/C20H16FNO6/c1-12(23)15-8-17-18(28-11-27-17)9-16(15)22-19(24)10-26-20(25)7-4-13-2-5-14(21)6-3-13/h2-9H,10-11H2,1H3,(H,22,24)/b7-4+. The van der Waals surface area contributed by atoms with E-state index in [4.69, 9.17) is 14.2 Å². The van der Waals surface area contributed by atoms with E-state index in [-0.39, 0.29) is 29.6 Å². The number of carbonyl (C=O) groups excluding carboxylic acids is 3. The summed E-state index contributed by atoms with van der Waals surface area (Å²) in [7, 11) is 0. The molecule has 0 aromatic heterocycles. The summed E-state index contributed by atoms with van der Waals surface area (Å²) in [4.78, 5) is 35.6. The quantitative estimate of drug-likeness (QED) is 0.467. The zero-order valence-corrected chi connectivity index (χ0v) is 14.9. The summed E-state index contributed by atoms with van der Waals surface area (Å²) in [5, 5.41) is 2.52. The van der Waals surface area contributed by atoms with E-state index in [9.17, 15) is 18.8 Å². The molecular formula is C20H16FNO6. The number of ketones is 1. The Balaban J connectivity index is 1.58. The molecule has 1 aliphatic heterocycles. The summed E-state index contributed by atoms with van der Waals surface area (Å²) in [6.07, 6.45) is 2.56. The van der Waals surface area contributed by atoms with E-state index in [1.807, 2.05) is 0 Å². The third kappa shape index (κ3) is 4.73. The number of nitrogens with one attached hydrogen (secondary N) is 1. The average Bonchev–Trinajstić information content (AvgIpc) is 3.12. The normalized spacial score (nSPS) is 12.1. The fourth-order valence-corrected chi connectivity index (χ4v) is 2.45. The third-order valence-corrected chi connectivity index (χ3v) is 3.79. The lowest BCUT2D eigenvalue weighted by Gasteiger charge is -2.10. The molecule has 2 aromatic carbocycles.